The van der Waals surface area contributed by atoms with Crippen LogP contribution in [0.25, 0.3) is 11.1 Å². The maximum atomic E-state index is 4.43. The fourth-order valence-corrected chi connectivity index (χ4v) is 5.60. The van der Waals surface area contributed by atoms with Gasteiger partial charge in [0.05, 0.1) is 0 Å². The average Bonchev–Trinajstić information content (AvgIpc) is 3.19. The standard InChI is InChI=1S/C28H31NS/c1-5-7-10-22(6-2)19-29-15-12-23(13-16-29)27-25-14-17-30-28(25)21(4)18-24-11-8-9-20(3)26(24)27/h5-11,14,17H,2,4,12-13,15-16,18-19H2,1,3H3/b7-5-,22-10+. The molecule has 1 aromatic carbocycles. The largest absolute Gasteiger partial charge is 0.298 e. The Labute approximate surface area is 185 Å². The number of nitrogens with zero attached hydrogens (tertiary/aromatic N) is 1. The maximum absolute atomic E-state index is 4.43. The smallest absolute Gasteiger partial charge is 0.0378 e. The van der Waals surface area contributed by atoms with E-state index in [4.69, 9.17) is 0 Å². The molecule has 0 saturated carbocycles. The van der Waals surface area contributed by atoms with Gasteiger partial charge in [0, 0.05) is 30.1 Å². The molecular weight excluding hydrogens is 382 g/mol. The van der Waals surface area contributed by atoms with E-state index in [1.54, 1.807) is 5.57 Å². The number of hydrogen-bond acceptors (Lipinski definition) is 2. The second-order valence-corrected chi connectivity index (χ2v) is 9.20. The van der Waals surface area contributed by atoms with E-state index in [2.05, 4.69) is 79.8 Å². The quantitative estimate of drug-likeness (QED) is 0.479. The normalized spacial score (nSPS) is 17.8. The maximum Gasteiger partial charge on any atom is 0.0378 e. The predicted molar refractivity (Wildman–Crippen MR) is 133 cm³/mol. The topological polar surface area (TPSA) is 3.24 Å². The van der Waals surface area contributed by atoms with Gasteiger partial charge in [0.2, 0.25) is 0 Å². The predicted octanol–water partition coefficient (Wildman–Crippen LogP) is 7.21. The van der Waals surface area contributed by atoms with Crippen LogP contribution >= 0.6 is 11.3 Å². The third-order valence-electron chi connectivity index (χ3n) is 6.25. The van der Waals surface area contributed by atoms with E-state index in [0.29, 0.717) is 0 Å². The van der Waals surface area contributed by atoms with E-state index < -0.39 is 0 Å². The number of aryl methyl sites for hydroxylation is 1. The van der Waals surface area contributed by atoms with Gasteiger partial charge < -0.3 is 0 Å². The average molecular weight is 414 g/mol. The Morgan fingerprint density at radius 3 is 2.73 bits per heavy atom. The second kappa shape index (κ2) is 9.16. The van der Waals surface area contributed by atoms with Crippen LogP contribution in [-0.2, 0) is 6.42 Å². The molecule has 0 radical (unpaired) electrons. The first-order valence-corrected chi connectivity index (χ1v) is 11.7. The van der Waals surface area contributed by atoms with Gasteiger partial charge in [0.25, 0.3) is 0 Å². The Hall–Kier alpha value is -2.42. The summed E-state index contributed by atoms with van der Waals surface area (Å²) in [4.78, 5) is 3.93. The van der Waals surface area contributed by atoms with Gasteiger partial charge in [-0.15, -0.1) is 11.3 Å². The van der Waals surface area contributed by atoms with Gasteiger partial charge >= 0.3 is 0 Å². The number of thiophene rings is 1. The molecule has 2 aromatic rings. The van der Waals surface area contributed by atoms with Crippen LogP contribution in [-0.4, -0.2) is 24.5 Å². The highest BCUT2D eigenvalue weighted by molar-refractivity contribution is 7.11. The van der Waals surface area contributed by atoms with Crippen LogP contribution in [0.3, 0.4) is 0 Å². The van der Waals surface area contributed by atoms with Crippen LogP contribution < -0.4 is 0 Å². The van der Waals surface area contributed by atoms with Gasteiger partial charge in [-0.3, -0.25) is 4.90 Å². The summed E-state index contributed by atoms with van der Waals surface area (Å²) in [5.41, 5.74) is 11.3. The molecule has 2 heteroatoms. The van der Waals surface area contributed by atoms with E-state index in [1.807, 2.05) is 17.4 Å². The van der Waals surface area contributed by atoms with Crippen LogP contribution in [0, 0.1) is 6.92 Å². The SMILES string of the molecule is C=C/C(=C\C=C/C)CN1CCC(=C2c3ccsc3C(=C)Cc3cccc(C)c32)CC1. The van der Waals surface area contributed by atoms with Crippen molar-refractivity contribution in [2.45, 2.75) is 33.1 Å². The Kier molecular flexibility index (Phi) is 6.36. The van der Waals surface area contributed by atoms with Gasteiger partial charge in [0.15, 0.2) is 0 Å². The van der Waals surface area contributed by atoms with Crippen molar-refractivity contribution in [1.82, 2.24) is 4.90 Å². The Morgan fingerprint density at radius 1 is 1.20 bits per heavy atom. The summed E-state index contributed by atoms with van der Waals surface area (Å²) in [6.07, 6.45) is 11.5. The molecule has 0 spiro atoms. The molecule has 0 bridgehead atoms. The molecule has 2 aliphatic rings. The molecule has 154 valence electrons. The molecule has 4 rings (SSSR count). The van der Waals surface area contributed by atoms with Gasteiger partial charge in [-0.2, -0.15) is 0 Å². The third kappa shape index (κ3) is 4.08. The van der Waals surface area contributed by atoms with Crippen LogP contribution in [0.4, 0.5) is 0 Å². The summed E-state index contributed by atoms with van der Waals surface area (Å²) < 4.78 is 0. The lowest BCUT2D eigenvalue weighted by Crippen LogP contribution is -2.32. The minimum absolute atomic E-state index is 0.950. The zero-order valence-corrected chi connectivity index (χ0v) is 19.0. The highest BCUT2D eigenvalue weighted by Crippen LogP contribution is 2.44. The molecule has 1 fully saturated rings. The van der Waals surface area contributed by atoms with Crippen molar-refractivity contribution >= 4 is 22.5 Å². The van der Waals surface area contributed by atoms with E-state index in [0.717, 1.165) is 38.9 Å². The van der Waals surface area contributed by atoms with Crippen molar-refractivity contribution in [2.24, 2.45) is 0 Å². The molecule has 1 aromatic heterocycles. The molecule has 0 atom stereocenters. The number of piperidine rings is 1. The summed E-state index contributed by atoms with van der Waals surface area (Å²) in [7, 11) is 0. The van der Waals surface area contributed by atoms with Crippen molar-refractivity contribution in [3.05, 3.63) is 105 Å². The molecule has 0 amide bonds. The molecular formula is C28H31NS. The number of hydrogen-bond donors (Lipinski definition) is 0. The number of likely N-dealkylation sites (tertiary alicyclic amines) is 1. The van der Waals surface area contributed by atoms with E-state index in [9.17, 15) is 0 Å². The minimum atomic E-state index is 0.950. The fourth-order valence-electron chi connectivity index (χ4n) is 4.72. The molecule has 2 heterocycles. The number of benzene rings is 1. The summed E-state index contributed by atoms with van der Waals surface area (Å²) in [5.74, 6) is 0. The van der Waals surface area contributed by atoms with E-state index in [-0.39, 0.29) is 0 Å². The van der Waals surface area contributed by atoms with Crippen LogP contribution in [0.1, 0.15) is 46.9 Å². The Morgan fingerprint density at radius 2 is 2.00 bits per heavy atom. The zero-order valence-electron chi connectivity index (χ0n) is 18.2. The molecule has 1 nitrogen and oxygen atoms in total. The minimum Gasteiger partial charge on any atom is -0.298 e. The summed E-state index contributed by atoms with van der Waals surface area (Å²) >= 11 is 1.84. The first kappa shape index (κ1) is 20.8. The summed E-state index contributed by atoms with van der Waals surface area (Å²) in [5, 5.41) is 2.23. The Balaban J connectivity index is 1.69. The monoisotopic (exact) mass is 413 g/mol. The number of fused-ring (bicyclic) bond motifs is 2. The molecule has 0 N–H and O–H groups in total. The molecule has 0 unspecified atom stereocenters. The first-order valence-electron chi connectivity index (χ1n) is 10.9. The van der Waals surface area contributed by atoms with Gasteiger partial charge in [-0.05, 0) is 78.0 Å². The molecule has 30 heavy (non-hydrogen) atoms. The van der Waals surface area contributed by atoms with Crippen molar-refractivity contribution in [3.8, 4) is 0 Å². The van der Waals surface area contributed by atoms with Gasteiger partial charge in [-0.25, -0.2) is 0 Å². The lowest BCUT2D eigenvalue weighted by atomic mass is 9.85. The van der Waals surface area contributed by atoms with E-state index >= 15 is 0 Å². The summed E-state index contributed by atoms with van der Waals surface area (Å²) in [6.45, 7) is 15.9. The summed E-state index contributed by atoms with van der Waals surface area (Å²) in [6, 6.07) is 9.07. The van der Waals surface area contributed by atoms with E-state index in [1.165, 1.54) is 43.9 Å². The van der Waals surface area contributed by atoms with Crippen LogP contribution in [0.5, 0.6) is 0 Å². The number of rotatable bonds is 4. The van der Waals surface area contributed by atoms with Crippen molar-refractivity contribution in [1.29, 1.82) is 0 Å². The van der Waals surface area contributed by atoms with Gasteiger partial charge in [-0.1, -0.05) is 61.2 Å². The van der Waals surface area contributed by atoms with Crippen LogP contribution in [0.15, 0.2) is 78.3 Å². The molecule has 1 aliphatic heterocycles. The zero-order chi connectivity index (χ0) is 21.1. The Bertz CT molecular complexity index is 1050. The highest BCUT2D eigenvalue weighted by Gasteiger charge is 2.27. The van der Waals surface area contributed by atoms with Crippen molar-refractivity contribution < 1.29 is 0 Å². The number of allylic oxidation sites excluding steroid dienone is 4. The molecule has 1 aliphatic carbocycles. The molecule has 1 saturated heterocycles. The lowest BCUT2D eigenvalue weighted by molar-refractivity contribution is 0.279. The highest BCUT2D eigenvalue weighted by atomic mass is 32.1. The second-order valence-electron chi connectivity index (χ2n) is 8.28. The van der Waals surface area contributed by atoms with Crippen LogP contribution in [0.2, 0.25) is 0 Å². The third-order valence-corrected chi connectivity index (χ3v) is 7.27. The van der Waals surface area contributed by atoms with Crippen molar-refractivity contribution in [3.63, 3.8) is 0 Å². The van der Waals surface area contributed by atoms with Gasteiger partial charge in [0.1, 0.15) is 0 Å². The van der Waals surface area contributed by atoms with Crippen molar-refractivity contribution in [2.75, 3.05) is 19.6 Å². The lowest BCUT2D eigenvalue weighted by Gasteiger charge is -2.31. The first-order chi connectivity index (χ1) is 14.6. The fraction of sp³-hybridized carbons (Fsp3) is 0.286.